The number of pyridine rings is 1. The fourth-order valence-corrected chi connectivity index (χ4v) is 4.37. The third-order valence-corrected chi connectivity index (χ3v) is 5.91. The number of methoxy groups -OCH3 is 1. The Labute approximate surface area is 190 Å². The molecule has 1 aromatic carbocycles. The van der Waals surface area contributed by atoms with Crippen molar-refractivity contribution in [2.75, 3.05) is 26.8 Å². The Morgan fingerprint density at radius 2 is 1.94 bits per heavy atom. The lowest BCUT2D eigenvalue weighted by molar-refractivity contribution is -0.137. The zero-order valence-corrected chi connectivity index (χ0v) is 18.8. The first kappa shape index (κ1) is 25.0. The van der Waals surface area contributed by atoms with Crippen molar-refractivity contribution in [3.63, 3.8) is 0 Å². The van der Waals surface area contributed by atoms with Crippen LogP contribution in [0.3, 0.4) is 0 Å². The monoisotopic (exact) mass is 465 g/mol. The molecule has 2 heterocycles. The summed E-state index contributed by atoms with van der Waals surface area (Å²) in [5, 5.41) is 6.02. The number of aromatic amines is 1. The Balaban J connectivity index is 1.75. The summed E-state index contributed by atoms with van der Waals surface area (Å²) in [4.78, 5) is 27.6. The van der Waals surface area contributed by atoms with Crippen molar-refractivity contribution < 1.29 is 22.7 Å². The van der Waals surface area contributed by atoms with Gasteiger partial charge in [-0.15, -0.1) is 0 Å². The number of halogens is 3. The Bertz CT molecular complexity index is 1020. The van der Waals surface area contributed by atoms with Crippen LogP contribution in [0.4, 0.5) is 13.2 Å². The number of alkyl halides is 3. The number of H-pyrrole nitrogens is 1. The smallest absolute Gasteiger partial charge is 0.385 e. The standard InChI is InChI=1S/C24H30F3N3O3/c1-15-8-18(12-22(31)30-15)20-5-6-28-14-21(20)23(32)29-13-17-9-16(4-3-7-33-2)10-19(11-17)24(25,26)27/h8-12,20-21,28H,3-7,13-14H2,1-2H3,(H,29,32)(H,30,31). The van der Waals surface area contributed by atoms with Crippen LogP contribution in [0, 0.1) is 12.8 Å². The summed E-state index contributed by atoms with van der Waals surface area (Å²) in [6.07, 6.45) is -2.72. The third-order valence-electron chi connectivity index (χ3n) is 5.91. The Morgan fingerprint density at radius 1 is 1.18 bits per heavy atom. The van der Waals surface area contributed by atoms with E-state index < -0.39 is 17.7 Å². The van der Waals surface area contributed by atoms with Crippen LogP contribution in [-0.2, 0) is 28.7 Å². The zero-order chi connectivity index (χ0) is 24.0. The first-order valence-electron chi connectivity index (χ1n) is 11.1. The van der Waals surface area contributed by atoms with E-state index in [1.165, 1.54) is 6.07 Å². The summed E-state index contributed by atoms with van der Waals surface area (Å²) in [5.74, 6) is -0.811. The van der Waals surface area contributed by atoms with E-state index in [0.717, 1.165) is 29.9 Å². The second kappa shape index (κ2) is 11.0. The second-order valence-corrected chi connectivity index (χ2v) is 8.52. The predicted molar refractivity (Wildman–Crippen MR) is 119 cm³/mol. The molecule has 1 aliphatic rings. The highest BCUT2D eigenvalue weighted by atomic mass is 19.4. The number of hydrogen-bond donors (Lipinski definition) is 3. The molecule has 9 heteroatoms. The topological polar surface area (TPSA) is 83.2 Å². The Hall–Kier alpha value is -2.65. The van der Waals surface area contributed by atoms with Crippen molar-refractivity contribution in [3.05, 3.63) is 68.6 Å². The minimum absolute atomic E-state index is 0.00233. The van der Waals surface area contributed by atoms with Crippen LogP contribution in [0.5, 0.6) is 0 Å². The van der Waals surface area contributed by atoms with Crippen molar-refractivity contribution in [3.8, 4) is 0 Å². The highest BCUT2D eigenvalue weighted by Crippen LogP contribution is 2.32. The average Bonchev–Trinajstić information content (AvgIpc) is 2.76. The molecular formula is C24H30F3N3O3. The number of benzene rings is 1. The maximum atomic E-state index is 13.4. The molecule has 0 radical (unpaired) electrons. The van der Waals surface area contributed by atoms with E-state index in [2.05, 4.69) is 15.6 Å². The van der Waals surface area contributed by atoms with Crippen LogP contribution >= 0.6 is 0 Å². The molecule has 1 fully saturated rings. The number of aryl methyl sites for hydroxylation is 2. The van der Waals surface area contributed by atoms with Crippen molar-refractivity contribution >= 4 is 5.91 Å². The van der Waals surface area contributed by atoms with E-state index in [0.29, 0.717) is 43.5 Å². The van der Waals surface area contributed by atoms with Gasteiger partial charge in [-0.25, -0.2) is 0 Å². The number of hydrogen-bond acceptors (Lipinski definition) is 4. The van der Waals surface area contributed by atoms with Crippen LogP contribution < -0.4 is 16.2 Å². The van der Waals surface area contributed by atoms with Gasteiger partial charge in [0, 0.05) is 38.6 Å². The molecule has 1 aliphatic heterocycles. The molecule has 0 bridgehead atoms. The van der Waals surface area contributed by atoms with Gasteiger partial charge in [0.15, 0.2) is 0 Å². The van der Waals surface area contributed by atoms with Crippen molar-refractivity contribution in [2.24, 2.45) is 5.92 Å². The van der Waals surface area contributed by atoms with Gasteiger partial charge in [-0.05, 0) is 73.5 Å². The minimum Gasteiger partial charge on any atom is -0.385 e. The highest BCUT2D eigenvalue weighted by Gasteiger charge is 2.33. The van der Waals surface area contributed by atoms with Crippen LogP contribution in [-0.4, -0.2) is 37.7 Å². The maximum Gasteiger partial charge on any atom is 0.416 e. The molecule has 2 atom stereocenters. The maximum absolute atomic E-state index is 13.4. The molecule has 6 nitrogen and oxygen atoms in total. The van der Waals surface area contributed by atoms with Gasteiger partial charge in [0.25, 0.3) is 0 Å². The summed E-state index contributed by atoms with van der Waals surface area (Å²) in [6, 6.07) is 7.31. The lowest BCUT2D eigenvalue weighted by atomic mass is 9.80. The summed E-state index contributed by atoms with van der Waals surface area (Å²) in [7, 11) is 1.55. The number of amides is 1. The summed E-state index contributed by atoms with van der Waals surface area (Å²) in [6.45, 7) is 3.41. The van der Waals surface area contributed by atoms with Gasteiger partial charge in [-0.2, -0.15) is 13.2 Å². The molecule has 1 amide bonds. The number of ether oxygens (including phenoxy) is 1. The van der Waals surface area contributed by atoms with Gasteiger partial charge in [0.2, 0.25) is 11.5 Å². The molecule has 180 valence electrons. The highest BCUT2D eigenvalue weighted by molar-refractivity contribution is 5.80. The molecule has 3 N–H and O–H groups in total. The summed E-state index contributed by atoms with van der Waals surface area (Å²) < 4.78 is 45.1. The van der Waals surface area contributed by atoms with E-state index in [1.54, 1.807) is 20.1 Å². The predicted octanol–water partition coefficient (Wildman–Crippen LogP) is 3.29. The Kier molecular flexibility index (Phi) is 8.31. The molecule has 1 aromatic heterocycles. The second-order valence-electron chi connectivity index (χ2n) is 8.52. The first-order valence-corrected chi connectivity index (χ1v) is 11.1. The molecule has 0 saturated carbocycles. The van der Waals surface area contributed by atoms with Crippen molar-refractivity contribution in [1.82, 2.24) is 15.6 Å². The molecule has 2 aromatic rings. The van der Waals surface area contributed by atoms with Crippen LogP contribution in [0.1, 0.15) is 46.7 Å². The summed E-state index contributed by atoms with van der Waals surface area (Å²) >= 11 is 0. The first-order chi connectivity index (χ1) is 15.7. The SMILES string of the molecule is COCCCc1cc(CNC(=O)C2CNCCC2c2cc(C)[nH]c(=O)c2)cc(C(F)(F)F)c1. The van der Waals surface area contributed by atoms with E-state index in [1.807, 2.05) is 6.07 Å². The molecule has 33 heavy (non-hydrogen) atoms. The number of carbonyl (C=O) groups excluding carboxylic acids is 1. The van der Waals surface area contributed by atoms with E-state index in [-0.39, 0.29) is 23.9 Å². The minimum atomic E-state index is -4.47. The number of rotatable bonds is 8. The zero-order valence-electron chi connectivity index (χ0n) is 18.8. The lowest BCUT2D eigenvalue weighted by Gasteiger charge is -2.31. The molecule has 2 unspecified atom stereocenters. The van der Waals surface area contributed by atoms with Crippen molar-refractivity contribution in [2.45, 2.75) is 44.8 Å². The van der Waals surface area contributed by atoms with Gasteiger partial charge in [-0.1, -0.05) is 6.07 Å². The van der Waals surface area contributed by atoms with Crippen LogP contribution in [0.25, 0.3) is 0 Å². The van der Waals surface area contributed by atoms with Gasteiger partial charge >= 0.3 is 6.18 Å². The molecule has 1 saturated heterocycles. The van der Waals surface area contributed by atoms with Crippen LogP contribution in [0.2, 0.25) is 0 Å². The third kappa shape index (κ3) is 6.91. The fourth-order valence-electron chi connectivity index (χ4n) is 4.37. The molecule has 0 spiro atoms. The van der Waals surface area contributed by atoms with Gasteiger partial charge in [-0.3, -0.25) is 9.59 Å². The molecule has 3 rings (SSSR count). The van der Waals surface area contributed by atoms with E-state index in [4.69, 9.17) is 4.74 Å². The number of piperidine rings is 1. The largest absolute Gasteiger partial charge is 0.416 e. The number of carbonyl (C=O) groups is 1. The quantitative estimate of drug-likeness (QED) is 0.523. The van der Waals surface area contributed by atoms with E-state index >= 15 is 0 Å². The van der Waals surface area contributed by atoms with Crippen molar-refractivity contribution in [1.29, 1.82) is 0 Å². The molecular weight excluding hydrogens is 435 g/mol. The summed E-state index contributed by atoms with van der Waals surface area (Å²) in [5.41, 5.74) is 1.54. The Morgan fingerprint density at radius 3 is 2.64 bits per heavy atom. The van der Waals surface area contributed by atoms with Gasteiger partial charge < -0.3 is 20.4 Å². The number of nitrogens with one attached hydrogen (secondary N) is 3. The molecule has 0 aliphatic carbocycles. The lowest BCUT2D eigenvalue weighted by Crippen LogP contribution is -2.44. The van der Waals surface area contributed by atoms with Gasteiger partial charge in [0.05, 0.1) is 11.5 Å². The fraction of sp³-hybridized carbons (Fsp3) is 0.500. The normalized spacial score (nSPS) is 18.8. The van der Waals surface area contributed by atoms with E-state index in [9.17, 15) is 22.8 Å². The van der Waals surface area contributed by atoms with Gasteiger partial charge in [0.1, 0.15) is 0 Å². The average molecular weight is 466 g/mol. The number of aromatic nitrogens is 1. The van der Waals surface area contributed by atoms with Crippen LogP contribution in [0.15, 0.2) is 35.1 Å².